The van der Waals surface area contributed by atoms with Gasteiger partial charge in [0.1, 0.15) is 10.9 Å². The summed E-state index contributed by atoms with van der Waals surface area (Å²) in [5, 5.41) is 12.5. The maximum absolute atomic E-state index is 13.8. The molecule has 0 saturated carbocycles. The van der Waals surface area contributed by atoms with E-state index in [1.165, 1.54) is 43.4 Å². The Hall–Kier alpha value is -5.69. The summed E-state index contributed by atoms with van der Waals surface area (Å²) in [7, 11) is 3.03. The Bertz CT molecular complexity index is 2150. The van der Waals surface area contributed by atoms with Gasteiger partial charge in [-0.2, -0.15) is 0 Å². The smallest absolute Gasteiger partial charge is 0.272 e. The third-order valence-corrected chi connectivity index (χ3v) is 10.4. The highest BCUT2D eigenvalue weighted by Crippen LogP contribution is 2.38. The lowest BCUT2D eigenvalue weighted by molar-refractivity contribution is -0.116. The second-order valence-corrected chi connectivity index (χ2v) is 13.8. The molecule has 0 bridgehead atoms. The van der Waals surface area contributed by atoms with E-state index in [-0.39, 0.29) is 11.6 Å². The van der Waals surface area contributed by atoms with Crippen LogP contribution in [0, 0.1) is 0 Å². The zero-order valence-electron chi connectivity index (χ0n) is 27.5. The van der Waals surface area contributed by atoms with Crippen LogP contribution in [-0.2, 0) is 9.59 Å². The molecule has 3 amide bonds. The van der Waals surface area contributed by atoms with E-state index in [1.807, 2.05) is 59.3 Å². The molecule has 0 aliphatic carbocycles. The van der Waals surface area contributed by atoms with E-state index in [1.54, 1.807) is 78.1 Å². The predicted molar refractivity (Wildman–Crippen MR) is 206 cm³/mol. The number of thiazole rings is 1. The molecule has 0 spiro atoms. The van der Waals surface area contributed by atoms with E-state index in [4.69, 9.17) is 9.47 Å². The predicted octanol–water partition coefficient (Wildman–Crippen LogP) is 8.77. The second kappa shape index (κ2) is 16.8. The summed E-state index contributed by atoms with van der Waals surface area (Å²) >= 11 is 4.30. The summed E-state index contributed by atoms with van der Waals surface area (Å²) in [6.07, 6.45) is 1.54. The van der Waals surface area contributed by atoms with Gasteiger partial charge >= 0.3 is 0 Å². The quantitative estimate of drug-likeness (QED) is 0.0803. The topological polar surface area (TPSA) is 119 Å². The summed E-state index contributed by atoms with van der Waals surface area (Å²) < 4.78 is 11.0. The number of carbonyl (C=O) groups excluding carboxylic acids is 3. The molecule has 0 radical (unpaired) electrons. The van der Waals surface area contributed by atoms with E-state index < -0.39 is 17.1 Å². The highest BCUT2D eigenvalue weighted by Gasteiger charge is 2.24. The number of ether oxygens (including phenoxy) is 2. The first-order valence-corrected chi connectivity index (χ1v) is 18.3. The Kier molecular flexibility index (Phi) is 11.6. The summed E-state index contributed by atoms with van der Waals surface area (Å²) in [5.41, 5.74) is 2.99. The number of thioether (sulfide) groups is 1. The molecular weight excluding hydrogens is 701 g/mol. The van der Waals surface area contributed by atoms with Crippen LogP contribution in [0.4, 0.5) is 10.8 Å². The molecule has 4 aromatic carbocycles. The molecule has 9 nitrogen and oxygen atoms in total. The summed E-state index contributed by atoms with van der Waals surface area (Å²) in [6.45, 7) is 0. The van der Waals surface area contributed by atoms with Crippen LogP contribution < -0.4 is 25.4 Å². The van der Waals surface area contributed by atoms with Gasteiger partial charge in [-0.1, -0.05) is 72.8 Å². The van der Waals surface area contributed by atoms with Crippen LogP contribution in [0.1, 0.15) is 26.7 Å². The number of rotatable bonds is 13. The van der Waals surface area contributed by atoms with Gasteiger partial charge in [0.2, 0.25) is 5.91 Å². The fourth-order valence-electron chi connectivity index (χ4n) is 5.05. The van der Waals surface area contributed by atoms with E-state index in [2.05, 4.69) is 20.9 Å². The van der Waals surface area contributed by atoms with Crippen molar-refractivity contribution in [2.45, 2.75) is 10.1 Å². The number of amides is 3. The average molecular weight is 733 g/mol. The number of nitrogens with zero attached hydrogens (tertiary/aromatic N) is 1. The zero-order chi connectivity index (χ0) is 35.6. The van der Waals surface area contributed by atoms with E-state index in [0.29, 0.717) is 33.4 Å². The number of hydrogen-bond donors (Lipinski definition) is 3. The van der Waals surface area contributed by atoms with E-state index in [0.717, 1.165) is 21.0 Å². The standard InChI is InChI=1S/C39H32N4O5S3/c1-47-32-19-9-16-27(34(32)48-2)22-30(41-36(44)26-14-7-4-8-15-26)37(45)40-28-17-10-18-29(23-28)51-35(25-12-5-3-6-13-25)38(46)43-39-42-31(24-50-39)33-20-11-21-49-33/h3-24,35H,1-2H3,(H,40,45)(H,41,44)(H,42,43,46)/b30-22+. The van der Waals surface area contributed by atoms with Gasteiger partial charge in [-0.15, -0.1) is 34.4 Å². The molecule has 6 aromatic rings. The van der Waals surface area contributed by atoms with Gasteiger partial charge in [-0.05, 0) is 59.5 Å². The molecule has 0 aliphatic heterocycles. The first kappa shape index (κ1) is 35.1. The Labute approximate surface area is 307 Å². The van der Waals surface area contributed by atoms with Gasteiger partial charge in [0, 0.05) is 27.1 Å². The molecule has 51 heavy (non-hydrogen) atoms. The van der Waals surface area contributed by atoms with Crippen LogP contribution in [0.25, 0.3) is 16.6 Å². The summed E-state index contributed by atoms with van der Waals surface area (Å²) in [6, 6.07) is 34.5. The first-order chi connectivity index (χ1) is 24.9. The highest BCUT2D eigenvalue weighted by atomic mass is 32.2. The van der Waals surface area contributed by atoms with Crippen molar-refractivity contribution < 1.29 is 23.9 Å². The maximum atomic E-state index is 13.8. The van der Waals surface area contributed by atoms with Gasteiger partial charge in [-0.3, -0.25) is 14.4 Å². The minimum atomic E-state index is -0.618. The van der Waals surface area contributed by atoms with Crippen molar-refractivity contribution in [3.8, 4) is 22.1 Å². The number of benzene rings is 4. The number of anilines is 2. The third-order valence-electron chi connectivity index (χ3n) is 7.46. The number of carbonyl (C=O) groups is 3. The Balaban J connectivity index is 1.24. The molecule has 1 unspecified atom stereocenters. The van der Waals surface area contributed by atoms with Crippen LogP contribution in [0.2, 0.25) is 0 Å². The van der Waals surface area contributed by atoms with Gasteiger partial charge in [0.25, 0.3) is 11.8 Å². The van der Waals surface area contributed by atoms with Gasteiger partial charge in [0.05, 0.1) is 24.8 Å². The Morgan fingerprint density at radius 2 is 1.57 bits per heavy atom. The largest absolute Gasteiger partial charge is 0.493 e. The van der Waals surface area contributed by atoms with Crippen molar-refractivity contribution in [1.82, 2.24) is 10.3 Å². The molecular formula is C39H32N4O5S3. The van der Waals surface area contributed by atoms with Crippen molar-refractivity contribution in [1.29, 1.82) is 0 Å². The minimum absolute atomic E-state index is 0.0135. The molecule has 0 aliphatic rings. The third kappa shape index (κ3) is 8.92. The Morgan fingerprint density at radius 1 is 0.804 bits per heavy atom. The van der Waals surface area contributed by atoms with Crippen molar-refractivity contribution in [2.75, 3.05) is 24.9 Å². The van der Waals surface area contributed by atoms with E-state index in [9.17, 15) is 14.4 Å². The molecule has 6 rings (SSSR count). The van der Waals surface area contributed by atoms with Crippen LogP contribution in [0.15, 0.2) is 137 Å². The number of thiophene rings is 1. The molecule has 2 aromatic heterocycles. The molecule has 1 atom stereocenters. The van der Waals surface area contributed by atoms with Gasteiger partial charge in [-0.25, -0.2) is 4.98 Å². The lowest BCUT2D eigenvalue weighted by Crippen LogP contribution is -2.30. The molecule has 0 saturated heterocycles. The number of hydrogen-bond acceptors (Lipinski definition) is 9. The second-order valence-electron chi connectivity index (χ2n) is 10.9. The normalized spacial score (nSPS) is 11.7. The Morgan fingerprint density at radius 3 is 2.29 bits per heavy atom. The first-order valence-electron chi connectivity index (χ1n) is 15.6. The lowest BCUT2D eigenvalue weighted by Gasteiger charge is -2.17. The number of para-hydroxylation sites is 1. The number of methoxy groups -OCH3 is 2. The van der Waals surface area contributed by atoms with Crippen LogP contribution >= 0.6 is 34.4 Å². The number of nitrogens with one attached hydrogen (secondary N) is 3. The molecule has 256 valence electrons. The molecule has 0 fully saturated rings. The monoisotopic (exact) mass is 732 g/mol. The zero-order valence-corrected chi connectivity index (χ0v) is 29.9. The van der Waals surface area contributed by atoms with Crippen molar-refractivity contribution in [3.05, 3.63) is 148 Å². The highest BCUT2D eigenvalue weighted by molar-refractivity contribution is 8.00. The van der Waals surface area contributed by atoms with Gasteiger partial charge in [0.15, 0.2) is 16.6 Å². The maximum Gasteiger partial charge on any atom is 0.272 e. The fraction of sp³-hybridized carbons (Fsp3) is 0.0769. The van der Waals surface area contributed by atoms with Gasteiger partial charge < -0.3 is 25.4 Å². The van der Waals surface area contributed by atoms with Crippen LogP contribution in [0.3, 0.4) is 0 Å². The SMILES string of the molecule is COc1cccc(/C=C(/NC(=O)c2ccccc2)C(=O)Nc2cccc(SC(C(=O)Nc3nc(-c4cccs4)cs3)c3ccccc3)c2)c1OC. The van der Waals surface area contributed by atoms with Crippen molar-refractivity contribution in [3.63, 3.8) is 0 Å². The summed E-state index contributed by atoms with van der Waals surface area (Å²) in [5.74, 6) is -0.367. The van der Waals surface area contributed by atoms with Crippen LogP contribution in [-0.4, -0.2) is 36.9 Å². The lowest BCUT2D eigenvalue weighted by atomic mass is 10.1. The molecule has 2 heterocycles. The van der Waals surface area contributed by atoms with Crippen molar-refractivity contribution in [2.24, 2.45) is 0 Å². The summed E-state index contributed by atoms with van der Waals surface area (Å²) in [4.78, 5) is 47.2. The van der Waals surface area contributed by atoms with Crippen molar-refractivity contribution >= 4 is 69.1 Å². The van der Waals surface area contributed by atoms with E-state index >= 15 is 0 Å². The average Bonchev–Trinajstić information content (AvgIpc) is 3.87. The number of aromatic nitrogens is 1. The minimum Gasteiger partial charge on any atom is -0.493 e. The fourth-order valence-corrected chi connectivity index (χ4v) is 7.60. The molecule has 3 N–H and O–H groups in total. The van der Waals surface area contributed by atoms with Crippen LogP contribution in [0.5, 0.6) is 11.5 Å². The molecule has 12 heteroatoms.